The molecular weight excluding hydrogens is 360 g/mol. The van der Waals surface area contributed by atoms with E-state index < -0.39 is 0 Å². The first-order chi connectivity index (χ1) is 13.2. The molecule has 0 fully saturated rings. The summed E-state index contributed by atoms with van der Waals surface area (Å²) in [6.45, 7) is 0.546. The molecule has 0 aliphatic heterocycles. The van der Waals surface area contributed by atoms with Crippen LogP contribution in [0.5, 0.6) is 11.5 Å². The minimum absolute atomic E-state index is 0.0326. The van der Waals surface area contributed by atoms with Crippen LogP contribution >= 0.6 is 11.3 Å². The molecule has 0 unspecified atom stereocenters. The summed E-state index contributed by atoms with van der Waals surface area (Å²) in [5.74, 6) is 1.45. The lowest BCUT2D eigenvalue weighted by Gasteiger charge is -2.09. The summed E-state index contributed by atoms with van der Waals surface area (Å²) in [5, 5.41) is 5.82. The Morgan fingerprint density at radius 3 is 2.44 bits per heavy atom. The van der Waals surface area contributed by atoms with E-state index in [-0.39, 0.29) is 12.3 Å². The van der Waals surface area contributed by atoms with Gasteiger partial charge in [0.15, 0.2) is 0 Å². The molecule has 0 aliphatic rings. The van der Waals surface area contributed by atoms with Crippen molar-refractivity contribution < 1.29 is 14.3 Å². The number of aromatic nitrogens is 1. The topological polar surface area (TPSA) is 60.5 Å². The Kier molecular flexibility index (Phi) is 6.44. The Labute approximate surface area is 163 Å². The quantitative estimate of drug-likeness (QED) is 0.645. The van der Waals surface area contributed by atoms with Crippen molar-refractivity contribution in [3.8, 4) is 22.1 Å². The van der Waals surface area contributed by atoms with Gasteiger partial charge in [0.25, 0.3) is 0 Å². The van der Waals surface area contributed by atoms with Gasteiger partial charge in [0.2, 0.25) is 5.91 Å². The number of benzene rings is 2. The fourth-order valence-corrected chi connectivity index (χ4v) is 3.51. The van der Waals surface area contributed by atoms with E-state index in [1.54, 1.807) is 25.6 Å². The van der Waals surface area contributed by atoms with Crippen LogP contribution in [-0.4, -0.2) is 31.7 Å². The van der Waals surface area contributed by atoms with Gasteiger partial charge in [-0.1, -0.05) is 30.3 Å². The molecule has 0 atom stereocenters. The first kappa shape index (κ1) is 18.9. The monoisotopic (exact) mass is 382 g/mol. The highest BCUT2D eigenvalue weighted by Gasteiger charge is 2.09. The molecular formula is C21H22N2O3S. The van der Waals surface area contributed by atoms with E-state index in [2.05, 4.69) is 10.3 Å². The number of nitrogens with one attached hydrogen (secondary N) is 1. The predicted octanol–water partition coefficient (Wildman–Crippen LogP) is 3.73. The molecule has 3 rings (SSSR count). The van der Waals surface area contributed by atoms with Crippen molar-refractivity contribution in [3.63, 3.8) is 0 Å². The second-order valence-electron chi connectivity index (χ2n) is 6.01. The van der Waals surface area contributed by atoms with Crippen LogP contribution in [0.4, 0.5) is 0 Å². The highest BCUT2D eigenvalue weighted by atomic mass is 32.1. The van der Waals surface area contributed by atoms with Crippen molar-refractivity contribution in [1.82, 2.24) is 10.3 Å². The zero-order chi connectivity index (χ0) is 19.1. The number of methoxy groups -OCH3 is 2. The number of amides is 1. The Hall–Kier alpha value is -2.86. The maximum atomic E-state index is 12.2. The molecule has 5 nitrogen and oxygen atoms in total. The molecule has 140 valence electrons. The van der Waals surface area contributed by atoms with Crippen LogP contribution in [0.2, 0.25) is 0 Å². The third-order valence-corrected chi connectivity index (χ3v) is 5.00. The number of hydrogen-bond donors (Lipinski definition) is 1. The van der Waals surface area contributed by atoms with Crippen LogP contribution in [-0.2, 0) is 17.6 Å². The summed E-state index contributed by atoms with van der Waals surface area (Å²) in [7, 11) is 3.25. The van der Waals surface area contributed by atoms with Crippen LogP contribution in [0, 0.1) is 0 Å². The Morgan fingerprint density at radius 1 is 1.07 bits per heavy atom. The Balaban J connectivity index is 1.51. The van der Waals surface area contributed by atoms with Gasteiger partial charge in [-0.05, 0) is 24.1 Å². The van der Waals surface area contributed by atoms with E-state index in [0.29, 0.717) is 13.0 Å². The summed E-state index contributed by atoms with van der Waals surface area (Å²) in [6.07, 6.45) is 0.983. The van der Waals surface area contributed by atoms with E-state index in [4.69, 9.17) is 9.47 Å². The number of nitrogens with zero attached hydrogens (tertiary/aromatic N) is 1. The predicted molar refractivity (Wildman–Crippen MR) is 108 cm³/mol. The highest BCUT2D eigenvalue weighted by molar-refractivity contribution is 7.13. The van der Waals surface area contributed by atoms with Crippen LogP contribution in [0.3, 0.4) is 0 Å². The molecule has 3 aromatic rings. The second kappa shape index (κ2) is 9.19. The average Bonchev–Trinajstić information content (AvgIpc) is 3.16. The van der Waals surface area contributed by atoms with Crippen LogP contribution < -0.4 is 14.8 Å². The smallest absolute Gasteiger partial charge is 0.226 e. The largest absolute Gasteiger partial charge is 0.497 e. The molecule has 0 saturated heterocycles. The fraction of sp³-hybridized carbons (Fsp3) is 0.238. The molecule has 2 aromatic carbocycles. The Bertz CT molecular complexity index is 871. The van der Waals surface area contributed by atoms with Crippen LogP contribution in [0.25, 0.3) is 10.6 Å². The zero-order valence-electron chi connectivity index (χ0n) is 15.4. The van der Waals surface area contributed by atoms with Crippen molar-refractivity contribution in [1.29, 1.82) is 0 Å². The SMILES string of the molecule is COc1cc(CCNC(=O)Cc2csc(-c3ccccc3)n2)cc(OC)c1. The fourth-order valence-electron chi connectivity index (χ4n) is 2.69. The van der Waals surface area contributed by atoms with Gasteiger partial charge in [0.1, 0.15) is 16.5 Å². The molecule has 0 radical (unpaired) electrons. The maximum absolute atomic E-state index is 12.2. The number of ether oxygens (including phenoxy) is 2. The Morgan fingerprint density at radius 2 is 1.78 bits per heavy atom. The molecule has 0 saturated carbocycles. The first-order valence-corrected chi connectivity index (χ1v) is 9.54. The van der Waals surface area contributed by atoms with Crippen molar-refractivity contribution in [3.05, 3.63) is 65.2 Å². The van der Waals surface area contributed by atoms with Gasteiger partial charge in [-0.2, -0.15) is 0 Å². The van der Waals surface area contributed by atoms with Gasteiger partial charge in [0, 0.05) is 23.6 Å². The summed E-state index contributed by atoms with van der Waals surface area (Å²) in [4.78, 5) is 16.8. The highest BCUT2D eigenvalue weighted by Crippen LogP contribution is 2.24. The minimum atomic E-state index is -0.0326. The summed E-state index contributed by atoms with van der Waals surface area (Å²) in [5.41, 5.74) is 2.91. The first-order valence-electron chi connectivity index (χ1n) is 8.66. The van der Waals surface area contributed by atoms with E-state index >= 15 is 0 Å². The van der Waals surface area contributed by atoms with Gasteiger partial charge in [-0.25, -0.2) is 4.98 Å². The molecule has 1 aromatic heterocycles. The van der Waals surface area contributed by atoms with E-state index in [1.165, 1.54) is 0 Å². The lowest BCUT2D eigenvalue weighted by atomic mass is 10.1. The molecule has 1 N–H and O–H groups in total. The van der Waals surface area contributed by atoms with Crippen molar-refractivity contribution in [2.45, 2.75) is 12.8 Å². The number of rotatable bonds is 8. The summed E-state index contributed by atoms with van der Waals surface area (Å²) in [6, 6.07) is 15.7. The third kappa shape index (κ3) is 5.31. The summed E-state index contributed by atoms with van der Waals surface area (Å²) >= 11 is 1.55. The van der Waals surface area contributed by atoms with Crippen LogP contribution in [0.1, 0.15) is 11.3 Å². The molecule has 1 amide bonds. The van der Waals surface area contributed by atoms with Crippen molar-refractivity contribution in [2.24, 2.45) is 0 Å². The number of carbonyl (C=O) groups is 1. The standard InChI is InChI=1S/C21H22N2O3S/c1-25-18-10-15(11-19(13-18)26-2)8-9-22-20(24)12-17-14-27-21(23-17)16-6-4-3-5-7-16/h3-7,10-11,13-14H,8-9,12H2,1-2H3,(H,22,24). The molecule has 0 bridgehead atoms. The van der Waals surface area contributed by atoms with Gasteiger partial charge >= 0.3 is 0 Å². The van der Waals surface area contributed by atoms with Gasteiger partial charge in [0.05, 0.1) is 26.3 Å². The van der Waals surface area contributed by atoms with E-state index in [9.17, 15) is 4.79 Å². The molecule has 0 aliphatic carbocycles. The third-order valence-electron chi connectivity index (χ3n) is 4.06. The number of hydrogen-bond acceptors (Lipinski definition) is 5. The second-order valence-corrected chi connectivity index (χ2v) is 6.87. The van der Waals surface area contributed by atoms with Gasteiger partial charge in [-0.15, -0.1) is 11.3 Å². The molecule has 27 heavy (non-hydrogen) atoms. The summed E-state index contributed by atoms with van der Waals surface area (Å²) < 4.78 is 10.5. The molecule has 6 heteroatoms. The minimum Gasteiger partial charge on any atom is -0.497 e. The molecule has 1 heterocycles. The van der Waals surface area contributed by atoms with E-state index in [0.717, 1.165) is 33.3 Å². The maximum Gasteiger partial charge on any atom is 0.226 e. The average molecular weight is 382 g/mol. The normalized spacial score (nSPS) is 10.4. The lowest BCUT2D eigenvalue weighted by molar-refractivity contribution is -0.120. The van der Waals surface area contributed by atoms with Crippen molar-refractivity contribution >= 4 is 17.2 Å². The number of carbonyl (C=O) groups excluding carboxylic acids is 1. The van der Waals surface area contributed by atoms with Gasteiger partial charge < -0.3 is 14.8 Å². The molecule has 0 spiro atoms. The van der Waals surface area contributed by atoms with E-state index in [1.807, 2.05) is 53.9 Å². The number of thiazole rings is 1. The zero-order valence-corrected chi connectivity index (χ0v) is 16.2. The van der Waals surface area contributed by atoms with Gasteiger partial charge in [-0.3, -0.25) is 4.79 Å². The lowest BCUT2D eigenvalue weighted by Crippen LogP contribution is -2.27. The van der Waals surface area contributed by atoms with Crippen LogP contribution in [0.15, 0.2) is 53.9 Å². The van der Waals surface area contributed by atoms with Crippen molar-refractivity contribution in [2.75, 3.05) is 20.8 Å².